The number of hydrogen-bond donors (Lipinski definition) is 2. The molecule has 0 aliphatic rings. The van der Waals surface area contributed by atoms with Gasteiger partial charge in [-0.1, -0.05) is 12.1 Å². The van der Waals surface area contributed by atoms with Crippen molar-refractivity contribution >= 4 is 0 Å². The van der Waals surface area contributed by atoms with Crippen LogP contribution < -0.4 is 5.32 Å². The van der Waals surface area contributed by atoms with E-state index in [0.29, 0.717) is 0 Å². The highest BCUT2D eigenvalue weighted by Crippen LogP contribution is 2.17. The van der Waals surface area contributed by atoms with Gasteiger partial charge >= 0.3 is 0 Å². The molecule has 0 aliphatic heterocycles. The molecule has 74 valence electrons. The standard InChI is InChI=1S/C11H14N2O/c1-8(2)13-11(7-12)9-4-3-5-10(14)6-9/h3-6,8,11,13-14H,1-2H3. The van der Waals surface area contributed by atoms with Gasteiger partial charge in [0.1, 0.15) is 11.8 Å². The van der Waals surface area contributed by atoms with Gasteiger partial charge in [-0.15, -0.1) is 0 Å². The van der Waals surface area contributed by atoms with Gasteiger partial charge < -0.3 is 5.11 Å². The number of phenols is 1. The summed E-state index contributed by atoms with van der Waals surface area (Å²) in [6, 6.07) is 8.78. The first-order valence-electron chi connectivity index (χ1n) is 4.58. The Morgan fingerprint density at radius 1 is 1.43 bits per heavy atom. The number of nitriles is 1. The van der Waals surface area contributed by atoms with Crippen molar-refractivity contribution in [3.63, 3.8) is 0 Å². The first-order chi connectivity index (χ1) is 6.63. The molecule has 0 spiro atoms. The summed E-state index contributed by atoms with van der Waals surface area (Å²) < 4.78 is 0. The lowest BCUT2D eigenvalue weighted by Gasteiger charge is -2.14. The fourth-order valence-electron chi connectivity index (χ4n) is 1.25. The summed E-state index contributed by atoms with van der Waals surface area (Å²) in [5.41, 5.74) is 0.793. The maximum atomic E-state index is 9.25. The van der Waals surface area contributed by atoms with E-state index in [1.165, 1.54) is 0 Å². The third-order valence-electron chi connectivity index (χ3n) is 1.83. The second-order valence-electron chi connectivity index (χ2n) is 3.48. The molecule has 1 unspecified atom stereocenters. The van der Waals surface area contributed by atoms with Crippen molar-refractivity contribution in [2.45, 2.75) is 25.9 Å². The SMILES string of the molecule is CC(C)NC(C#N)c1cccc(O)c1. The minimum atomic E-state index is -0.359. The van der Waals surface area contributed by atoms with Crippen LogP contribution in [-0.2, 0) is 0 Å². The van der Waals surface area contributed by atoms with E-state index in [-0.39, 0.29) is 17.8 Å². The van der Waals surface area contributed by atoms with Gasteiger partial charge in [0.2, 0.25) is 0 Å². The van der Waals surface area contributed by atoms with Gasteiger partial charge in [0.25, 0.3) is 0 Å². The fourth-order valence-corrected chi connectivity index (χ4v) is 1.25. The zero-order valence-corrected chi connectivity index (χ0v) is 8.36. The molecular weight excluding hydrogens is 176 g/mol. The van der Waals surface area contributed by atoms with E-state index >= 15 is 0 Å². The first kappa shape index (κ1) is 10.6. The molecule has 0 saturated heterocycles. The molecule has 1 rings (SSSR count). The van der Waals surface area contributed by atoms with Crippen LogP contribution in [0.2, 0.25) is 0 Å². The summed E-state index contributed by atoms with van der Waals surface area (Å²) in [4.78, 5) is 0. The van der Waals surface area contributed by atoms with Crippen LogP contribution in [-0.4, -0.2) is 11.1 Å². The Hall–Kier alpha value is -1.53. The average Bonchev–Trinajstić information content (AvgIpc) is 2.14. The molecule has 0 aromatic heterocycles. The topological polar surface area (TPSA) is 56.0 Å². The van der Waals surface area contributed by atoms with Crippen LogP contribution in [0.25, 0.3) is 0 Å². The van der Waals surface area contributed by atoms with Gasteiger partial charge in [0.05, 0.1) is 6.07 Å². The molecule has 2 N–H and O–H groups in total. The Kier molecular flexibility index (Phi) is 3.49. The average molecular weight is 190 g/mol. The third kappa shape index (κ3) is 2.75. The number of benzene rings is 1. The number of phenolic OH excluding ortho intramolecular Hbond substituents is 1. The van der Waals surface area contributed by atoms with Crippen molar-refractivity contribution < 1.29 is 5.11 Å². The summed E-state index contributed by atoms with van der Waals surface area (Å²) in [6.07, 6.45) is 0. The number of rotatable bonds is 3. The van der Waals surface area contributed by atoms with E-state index in [0.717, 1.165) is 5.56 Å². The van der Waals surface area contributed by atoms with Crippen molar-refractivity contribution in [1.29, 1.82) is 5.26 Å². The monoisotopic (exact) mass is 190 g/mol. The molecule has 1 atom stereocenters. The molecule has 1 aromatic rings. The van der Waals surface area contributed by atoms with Crippen LogP contribution in [0.1, 0.15) is 25.5 Å². The van der Waals surface area contributed by atoms with Crippen LogP contribution in [0.15, 0.2) is 24.3 Å². The van der Waals surface area contributed by atoms with Gasteiger partial charge in [0.15, 0.2) is 0 Å². The van der Waals surface area contributed by atoms with E-state index in [9.17, 15) is 5.11 Å². The van der Waals surface area contributed by atoms with Crippen LogP contribution in [0.4, 0.5) is 0 Å². The molecule has 3 nitrogen and oxygen atoms in total. The molecule has 0 fully saturated rings. The zero-order valence-electron chi connectivity index (χ0n) is 8.36. The molecule has 3 heteroatoms. The smallest absolute Gasteiger partial charge is 0.121 e. The number of nitrogens with one attached hydrogen (secondary N) is 1. The van der Waals surface area contributed by atoms with E-state index in [4.69, 9.17) is 5.26 Å². The Morgan fingerprint density at radius 3 is 2.64 bits per heavy atom. The molecule has 14 heavy (non-hydrogen) atoms. The van der Waals surface area contributed by atoms with E-state index in [1.54, 1.807) is 18.2 Å². The fraction of sp³-hybridized carbons (Fsp3) is 0.364. The summed E-state index contributed by atoms with van der Waals surface area (Å²) >= 11 is 0. The number of aromatic hydroxyl groups is 1. The van der Waals surface area contributed by atoms with Gasteiger partial charge in [-0.2, -0.15) is 5.26 Å². The molecule has 0 bridgehead atoms. The van der Waals surface area contributed by atoms with E-state index < -0.39 is 0 Å². The predicted molar refractivity (Wildman–Crippen MR) is 54.7 cm³/mol. The maximum Gasteiger partial charge on any atom is 0.121 e. The summed E-state index contributed by atoms with van der Waals surface area (Å²) in [6.45, 7) is 3.96. The van der Waals surface area contributed by atoms with Crippen molar-refractivity contribution in [3.05, 3.63) is 29.8 Å². The van der Waals surface area contributed by atoms with Crippen molar-refractivity contribution in [2.75, 3.05) is 0 Å². The lowest BCUT2D eigenvalue weighted by Crippen LogP contribution is -2.26. The highest BCUT2D eigenvalue weighted by atomic mass is 16.3. The second-order valence-corrected chi connectivity index (χ2v) is 3.48. The van der Waals surface area contributed by atoms with Gasteiger partial charge in [0, 0.05) is 6.04 Å². The van der Waals surface area contributed by atoms with E-state index in [1.807, 2.05) is 19.9 Å². The Labute approximate surface area is 84.0 Å². The molecular formula is C11H14N2O. The van der Waals surface area contributed by atoms with Crippen molar-refractivity contribution in [1.82, 2.24) is 5.32 Å². The Bertz CT molecular complexity index is 341. The molecule has 0 amide bonds. The molecule has 0 radical (unpaired) electrons. The summed E-state index contributed by atoms with van der Waals surface area (Å²) in [7, 11) is 0. The van der Waals surface area contributed by atoms with Crippen LogP contribution in [0.3, 0.4) is 0 Å². The molecule has 0 aliphatic carbocycles. The molecule has 0 saturated carbocycles. The first-order valence-corrected chi connectivity index (χ1v) is 4.58. The second kappa shape index (κ2) is 4.64. The van der Waals surface area contributed by atoms with Gasteiger partial charge in [-0.25, -0.2) is 0 Å². The number of hydrogen-bond acceptors (Lipinski definition) is 3. The largest absolute Gasteiger partial charge is 0.508 e. The maximum absolute atomic E-state index is 9.25. The summed E-state index contributed by atoms with van der Waals surface area (Å²) in [5.74, 6) is 0.188. The highest BCUT2D eigenvalue weighted by Gasteiger charge is 2.11. The van der Waals surface area contributed by atoms with Crippen molar-refractivity contribution in [3.8, 4) is 11.8 Å². The predicted octanol–water partition coefficient (Wildman–Crippen LogP) is 1.95. The normalized spacial score (nSPS) is 12.4. The Morgan fingerprint density at radius 2 is 2.14 bits per heavy atom. The van der Waals surface area contributed by atoms with Crippen LogP contribution in [0.5, 0.6) is 5.75 Å². The van der Waals surface area contributed by atoms with Gasteiger partial charge in [-0.05, 0) is 31.5 Å². The van der Waals surface area contributed by atoms with Crippen LogP contribution >= 0.6 is 0 Å². The van der Waals surface area contributed by atoms with Crippen molar-refractivity contribution in [2.24, 2.45) is 0 Å². The molecule has 1 aromatic carbocycles. The zero-order chi connectivity index (χ0) is 10.6. The van der Waals surface area contributed by atoms with E-state index in [2.05, 4.69) is 11.4 Å². The quantitative estimate of drug-likeness (QED) is 0.766. The Balaban J connectivity index is 2.85. The highest BCUT2D eigenvalue weighted by molar-refractivity contribution is 5.32. The lowest BCUT2D eigenvalue weighted by molar-refractivity contribution is 0.472. The third-order valence-corrected chi connectivity index (χ3v) is 1.83. The lowest BCUT2D eigenvalue weighted by atomic mass is 10.1. The van der Waals surface area contributed by atoms with Gasteiger partial charge in [-0.3, -0.25) is 5.32 Å². The number of nitrogens with zero attached hydrogens (tertiary/aromatic N) is 1. The van der Waals surface area contributed by atoms with Crippen LogP contribution in [0, 0.1) is 11.3 Å². The summed E-state index contributed by atoms with van der Waals surface area (Å²) in [5, 5.41) is 21.3. The minimum absolute atomic E-state index is 0.188. The molecule has 0 heterocycles. The minimum Gasteiger partial charge on any atom is -0.508 e.